The van der Waals surface area contributed by atoms with Gasteiger partial charge in [0.2, 0.25) is 0 Å². The third-order valence-corrected chi connectivity index (χ3v) is 3.85. The van der Waals surface area contributed by atoms with Gasteiger partial charge in [0.1, 0.15) is 23.7 Å². The Balaban J connectivity index is 2.37. The van der Waals surface area contributed by atoms with Crippen molar-refractivity contribution in [1.29, 1.82) is 0 Å². The molecule has 2 N–H and O–H groups in total. The maximum absolute atomic E-state index is 6.07. The third-order valence-electron chi connectivity index (χ3n) is 3.85. The number of terminal acetylenes is 1. The highest BCUT2D eigenvalue weighted by molar-refractivity contribution is 5.31. The van der Waals surface area contributed by atoms with Crippen molar-refractivity contribution in [2.24, 2.45) is 5.73 Å². The zero-order valence-corrected chi connectivity index (χ0v) is 16.5. The number of benzene rings is 1. The van der Waals surface area contributed by atoms with Crippen LogP contribution in [0, 0.1) is 12.3 Å². The summed E-state index contributed by atoms with van der Waals surface area (Å²) in [6.07, 6.45) is 6.78. The minimum absolute atomic E-state index is 0.235. The van der Waals surface area contributed by atoms with Crippen molar-refractivity contribution in [2.45, 2.75) is 51.7 Å². The van der Waals surface area contributed by atoms with Crippen molar-refractivity contribution in [3.8, 4) is 23.8 Å². The Morgan fingerprint density at radius 1 is 0.923 bits per heavy atom. The molecule has 0 amide bonds. The van der Waals surface area contributed by atoms with E-state index in [-0.39, 0.29) is 17.8 Å². The van der Waals surface area contributed by atoms with Crippen LogP contribution in [0.5, 0.6) is 11.5 Å². The minimum Gasteiger partial charge on any atom is -0.488 e. The first kappa shape index (κ1) is 22.3. The van der Waals surface area contributed by atoms with Gasteiger partial charge in [-0.25, -0.2) is 0 Å². The topological polar surface area (TPSA) is 62.9 Å². The normalized spacial score (nSPS) is 11.8. The summed E-state index contributed by atoms with van der Waals surface area (Å²) in [5.74, 6) is 3.96. The summed E-state index contributed by atoms with van der Waals surface area (Å²) < 4.78 is 22.9. The highest BCUT2D eigenvalue weighted by Gasteiger charge is 2.23. The molecule has 0 atom stereocenters. The van der Waals surface area contributed by atoms with E-state index >= 15 is 0 Å². The minimum atomic E-state index is -0.340. The number of hydrogen-bond acceptors (Lipinski definition) is 5. The smallest absolute Gasteiger partial charge is 0.148 e. The molecule has 1 aromatic carbocycles. The number of nitrogens with two attached hydrogens (primary N) is 1. The fourth-order valence-corrected chi connectivity index (χ4v) is 2.25. The number of ether oxygens (including phenoxy) is 4. The van der Waals surface area contributed by atoms with Gasteiger partial charge >= 0.3 is 0 Å². The van der Waals surface area contributed by atoms with Crippen LogP contribution >= 0.6 is 0 Å². The van der Waals surface area contributed by atoms with E-state index < -0.39 is 0 Å². The molecule has 0 aliphatic rings. The standard InChI is InChI=1S/C21H33NO4/c1-6-14-24-18-7-9-19(10-8-18)26-21(4,5)12-16-25-20(2,3)11-15-23-17-13-22/h1,7-10H,11-17,22H2,2-5H3. The first-order valence-corrected chi connectivity index (χ1v) is 9.05. The molecule has 0 saturated carbocycles. The Morgan fingerprint density at radius 2 is 1.54 bits per heavy atom. The number of hydrogen-bond donors (Lipinski definition) is 1. The van der Waals surface area contributed by atoms with E-state index in [9.17, 15) is 0 Å². The van der Waals surface area contributed by atoms with Crippen molar-refractivity contribution in [3.63, 3.8) is 0 Å². The molecule has 0 radical (unpaired) electrons. The highest BCUT2D eigenvalue weighted by atomic mass is 16.5. The molecule has 0 aromatic heterocycles. The summed E-state index contributed by atoms with van der Waals surface area (Å²) in [5.41, 5.74) is 4.84. The molecule has 0 fully saturated rings. The molecule has 0 unspecified atom stereocenters. The fourth-order valence-electron chi connectivity index (χ4n) is 2.25. The van der Waals surface area contributed by atoms with Crippen LogP contribution in [0.4, 0.5) is 0 Å². The maximum atomic E-state index is 6.07. The van der Waals surface area contributed by atoms with E-state index in [4.69, 9.17) is 31.1 Å². The Labute approximate surface area is 158 Å². The van der Waals surface area contributed by atoms with Gasteiger partial charge in [0, 0.05) is 19.6 Å². The lowest BCUT2D eigenvalue weighted by atomic mass is 10.0. The summed E-state index contributed by atoms with van der Waals surface area (Å²) in [6.45, 7) is 10.9. The monoisotopic (exact) mass is 363 g/mol. The van der Waals surface area contributed by atoms with E-state index in [1.54, 1.807) is 0 Å². The van der Waals surface area contributed by atoms with Crippen molar-refractivity contribution in [2.75, 3.05) is 33.0 Å². The molecule has 0 aliphatic carbocycles. The Morgan fingerprint density at radius 3 is 2.15 bits per heavy atom. The largest absolute Gasteiger partial charge is 0.488 e. The summed E-state index contributed by atoms with van der Waals surface area (Å²) >= 11 is 0. The lowest BCUT2D eigenvalue weighted by Crippen LogP contribution is -2.33. The Hall–Kier alpha value is -1.74. The summed E-state index contributed by atoms with van der Waals surface area (Å²) in [4.78, 5) is 0. The van der Waals surface area contributed by atoms with Crippen molar-refractivity contribution in [3.05, 3.63) is 24.3 Å². The van der Waals surface area contributed by atoms with Crippen LogP contribution in [-0.4, -0.2) is 44.2 Å². The lowest BCUT2D eigenvalue weighted by Gasteiger charge is -2.30. The van der Waals surface area contributed by atoms with Gasteiger partial charge in [-0.3, -0.25) is 0 Å². The molecule has 0 aliphatic heterocycles. The molecular weight excluding hydrogens is 330 g/mol. The molecule has 0 saturated heterocycles. The lowest BCUT2D eigenvalue weighted by molar-refractivity contribution is -0.0570. The second kappa shape index (κ2) is 11.1. The van der Waals surface area contributed by atoms with Gasteiger partial charge in [-0.15, -0.1) is 6.42 Å². The first-order chi connectivity index (χ1) is 12.3. The molecule has 5 heteroatoms. The Kier molecular flexibility index (Phi) is 9.50. The van der Waals surface area contributed by atoms with Gasteiger partial charge in [0.15, 0.2) is 0 Å². The summed E-state index contributed by atoms with van der Waals surface area (Å²) in [7, 11) is 0. The van der Waals surface area contributed by atoms with Crippen LogP contribution in [0.25, 0.3) is 0 Å². The molecule has 26 heavy (non-hydrogen) atoms. The van der Waals surface area contributed by atoms with Crippen molar-refractivity contribution < 1.29 is 18.9 Å². The summed E-state index contributed by atoms with van der Waals surface area (Å²) in [5, 5.41) is 0. The second-order valence-electron chi connectivity index (χ2n) is 7.34. The molecule has 146 valence electrons. The molecular formula is C21H33NO4. The SMILES string of the molecule is C#CCOc1ccc(OC(C)(C)CCOC(C)(C)CCOCCN)cc1. The number of rotatable bonds is 13. The van der Waals surface area contributed by atoms with E-state index in [1.165, 1.54) is 0 Å². The Bertz CT molecular complexity index is 546. The highest BCUT2D eigenvalue weighted by Crippen LogP contribution is 2.25. The molecule has 0 heterocycles. The van der Waals surface area contributed by atoms with E-state index in [2.05, 4.69) is 33.6 Å². The van der Waals surface area contributed by atoms with Crippen molar-refractivity contribution in [1.82, 2.24) is 0 Å². The van der Waals surface area contributed by atoms with Crippen LogP contribution in [-0.2, 0) is 9.47 Å². The average molecular weight is 363 g/mol. The van der Waals surface area contributed by atoms with Crippen LogP contribution in [0.2, 0.25) is 0 Å². The van der Waals surface area contributed by atoms with Gasteiger partial charge in [0.25, 0.3) is 0 Å². The molecule has 0 bridgehead atoms. The van der Waals surface area contributed by atoms with Crippen LogP contribution < -0.4 is 15.2 Å². The predicted molar refractivity (Wildman–Crippen MR) is 105 cm³/mol. The zero-order chi connectivity index (χ0) is 19.5. The maximum Gasteiger partial charge on any atom is 0.148 e. The van der Waals surface area contributed by atoms with Crippen molar-refractivity contribution >= 4 is 0 Å². The van der Waals surface area contributed by atoms with Gasteiger partial charge in [-0.2, -0.15) is 0 Å². The predicted octanol–water partition coefficient (Wildman–Crippen LogP) is 3.41. The molecule has 0 spiro atoms. The third kappa shape index (κ3) is 9.67. The summed E-state index contributed by atoms with van der Waals surface area (Å²) in [6, 6.07) is 7.47. The van der Waals surface area contributed by atoms with E-state index in [0.29, 0.717) is 26.4 Å². The van der Waals surface area contributed by atoms with Gasteiger partial charge in [-0.05, 0) is 58.4 Å². The fraction of sp³-hybridized carbons (Fsp3) is 0.619. The van der Waals surface area contributed by atoms with E-state index in [0.717, 1.165) is 24.3 Å². The zero-order valence-electron chi connectivity index (χ0n) is 16.5. The molecule has 5 nitrogen and oxygen atoms in total. The first-order valence-electron chi connectivity index (χ1n) is 9.05. The average Bonchev–Trinajstić information content (AvgIpc) is 2.57. The molecule has 1 aromatic rings. The van der Waals surface area contributed by atoms with E-state index in [1.807, 2.05) is 24.3 Å². The van der Waals surface area contributed by atoms with Crippen LogP contribution in [0.1, 0.15) is 40.5 Å². The second-order valence-corrected chi connectivity index (χ2v) is 7.34. The molecule has 1 rings (SSSR count). The quantitative estimate of drug-likeness (QED) is 0.430. The van der Waals surface area contributed by atoms with Gasteiger partial charge in [-0.1, -0.05) is 5.92 Å². The van der Waals surface area contributed by atoms with Gasteiger partial charge in [0.05, 0.1) is 18.8 Å². The van der Waals surface area contributed by atoms with Crippen LogP contribution in [0.3, 0.4) is 0 Å². The van der Waals surface area contributed by atoms with Crippen LogP contribution in [0.15, 0.2) is 24.3 Å². The van der Waals surface area contributed by atoms with Gasteiger partial charge < -0.3 is 24.7 Å².